The quantitative estimate of drug-likeness (QED) is 0.511. The maximum absolute atomic E-state index is 12.9. The molecule has 164 valence electrons. The summed E-state index contributed by atoms with van der Waals surface area (Å²) in [6, 6.07) is 9.01. The van der Waals surface area contributed by atoms with Gasteiger partial charge >= 0.3 is 0 Å². The van der Waals surface area contributed by atoms with Crippen molar-refractivity contribution in [3.63, 3.8) is 0 Å². The number of carbonyl (C=O) groups excluding carboxylic acids is 1. The maximum Gasteiger partial charge on any atom is 0.254 e. The van der Waals surface area contributed by atoms with Crippen molar-refractivity contribution in [2.24, 2.45) is 5.92 Å². The molecular formula is C24H41N3OS. The first kappa shape index (κ1) is 24.1. The molecule has 0 saturated heterocycles. The van der Waals surface area contributed by atoms with E-state index in [0.717, 1.165) is 17.8 Å². The van der Waals surface area contributed by atoms with E-state index in [1.165, 1.54) is 25.7 Å². The van der Waals surface area contributed by atoms with Crippen LogP contribution in [0, 0.1) is 5.92 Å². The van der Waals surface area contributed by atoms with Crippen LogP contribution in [0.1, 0.15) is 84.5 Å². The summed E-state index contributed by atoms with van der Waals surface area (Å²) in [6.07, 6.45) is 4.99. The van der Waals surface area contributed by atoms with E-state index in [9.17, 15) is 4.79 Å². The van der Waals surface area contributed by atoms with Gasteiger partial charge in [-0.1, -0.05) is 18.0 Å². The molecule has 0 atom stereocenters. The first-order chi connectivity index (χ1) is 13.6. The Kier molecular flexibility index (Phi) is 8.90. The number of hydrogen-bond acceptors (Lipinski definition) is 4. The Morgan fingerprint density at radius 3 is 2.28 bits per heavy atom. The highest BCUT2D eigenvalue weighted by Gasteiger charge is 2.24. The molecule has 0 aliphatic heterocycles. The third-order valence-electron chi connectivity index (χ3n) is 5.43. The van der Waals surface area contributed by atoms with Crippen LogP contribution in [0.4, 0.5) is 5.69 Å². The van der Waals surface area contributed by atoms with E-state index in [0.29, 0.717) is 12.0 Å². The summed E-state index contributed by atoms with van der Waals surface area (Å²) in [5, 5.41) is 3.58. The van der Waals surface area contributed by atoms with Crippen LogP contribution in [0.2, 0.25) is 0 Å². The predicted octanol–water partition coefficient (Wildman–Crippen LogP) is 5.95. The van der Waals surface area contributed by atoms with Gasteiger partial charge in [0.05, 0.1) is 0 Å². The first-order valence-electron chi connectivity index (χ1n) is 11.2. The highest BCUT2D eigenvalue weighted by atomic mass is 32.2. The molecule has 1 saturated carbocycles. The van der Waals surface area contributed by atoms with Crippen molar-refractivity contribution >= 4 is 23.5 Å². The van der Waals surface area contributed by atoms with E-state index in [1.54, 1.807) is 0 Å². The number of rotatable bonds is 8. The van der Waals surface area contributed by atoms with E-state index in [-0.39, 0.29) is 22.7 Å². The summed E-state index contributed by atoms with van der Waals surface area (Å²) in [5.41, 5.74) is 1.82. The van der Waals surface area contributed by atoms with E-state index < -0.39 is 0 Å². The zero-order valence-electron chi connectivity index (χ0n) is 19.4. The molecule has 0 aromatic heterocycles. The van der Waals surface area contributed by atoms with Gasteiger partial charge in [0, 0.05) is 40.7 Å². The molecule has 1 aromatic rings. The number of carbonyl (C=O) groups is 1. The van der Waals surface area contributed by atoms with Gasteiger partial charge in [0.1, 0.15) is 0 Å². The second-order valence-electron chi connectivity index (χ2n) is 9.91. The van der Waals surface area contributed by atoms with Gasteiger partial charge in [-0.3, -0.25) is 9.52 Å². The minimum absolute atomic E-state index is 0.113. The highest BCUT2D eigenvalue weighted by molar-refractivity contribution is 7.98. The molecule has 0 unspecified atom stereocenters. The molecule has 2 rings (SSSR count). The van der Waals surface area contributed by atoms with Crippen molar-refractivity contribution in [1.29, 1.82) is 0 Å². The SMILES string of the molecule is CC(C)N(C(=O)c1cccc(NCC2CCC(NSC(C)(C)C)CC2)c1)C(C)C. The fourth-order valence-electron chi connectivity index (χ4n) is 3.98. The number of benzene rings is 1. The molecule has 1 fully saturated rings. The van der Waals surface area contributed by atoms with Crippen molar-refractivity contribution in [2.45, 2.75) is 97.0 Å². The zero-order chi connectivity index (χ0) is 21.6. The lowest BCUT2D eigenvalue weighted by Crippen LogP contribution is -2.42. The monoisotopic (exact) mass is 419 g/mol. The largest absolute Gasteiger partial charge is 0.385 e. The van der Waals surface area contributed by atoms with Crippen molar-refractivity contribution in [3.05, 3.63) is 29.8 Å². The van der Waals surface area contributed by atoms with Gasteiger partial charge in [0.25, 0.3) is 5.91 Å². The summed E-state index contributed by atoms with van der Waals surface area (Å²) in [7, 11) is 0. The van der Waals surface area contributed by atoms with Crippen LogP contribution in [0.15, 0.2) is 24.3 Å². The van der Waals surface area contributed by atoms with Crippen LogP contribution in [-0.2, 0) is 0 Å². The second-order valence-corrected chi connectivity index (χ2v) is 11.6. The third-order valence-corrected chi connectivity index (χ3v) is 6.49. The molecule has 1 aromatic carbocycles. The summed E-state index contributed by atoms with van der Waals surface area (Å²) in [6.45, 7) is 16.0. The third kappa shape index (κ3) is 7.86. The molecule has 2 N–H and O–H groups in total. The number of nitrogens with one attached hydrogen (secondary N) is 2. The van der Waals surface area contributed by atoms with Crippen LogP contribution < -0.4 is 10.0 Å². The fourth-order valence-corrected chi connectivity index (χ4v) is 4.74. The van der Waals surface area contributed by atoms with Gasteiger partial charge in [-0.2, -0.15) is 0 Å². The Balaban J connectivity index is 1.85. The Labute approximate surface area is 182 Å². The average molecular weight is 420 g/mol. The van der Waals surface area contributed by atoms with E-state index in [4.69, 9.17) is 0 Å². The molecule has 0 bridgehead atoms. The van der Waals surface area contributed by atoms with Crippen LogP contribution in [-0.4, -0.2) is 40.2 Å². The van der Waals surface area contributed by atoms with E-state index in [1.807, 2.05) is 35.0 Å². The Hall–Kier alpha value is -1.20. The Bertz CT molecular complexity index is 638. The van der Waals surface area contributed by atoms with Crippen LogP contribution in [0.5, 0.6) is 0 Å². The minimum atomic E-state index is 0.113. The molecule has 1 aliphatic carbocycles. The summed E-state index contributed by atoms with van der Waals surface area (Å²) >= 11 is 1.86. The Morgan fingerprint density at radius 1 is 1.10 bits per heavy atom. The summed E-state index contributed by atoms with van der Waals surface area (Å²) in [4.78, 5) is 14.9. The van der Waals surface area contributed by atoms with Gasteiger partial charge in [-0.25, -0.2) is 0 Å². The standard InChI is InChI=1S/C24H41N3OS/c1-17(2)27(18(3)4)23(28)20-9-8-10-22(15-20)25-16-19-11-13-21(14-12-19)26-29-24(5,6)7/h8-10,15,17-19,21,25-26H,11-14,16H2,1-7H3. The van der Waals surface area contributed by atoms with Gasteiger partial charge in [0.2, 0.25) is 0 Å². The highest BCUT2D eigenvalue weighted by Crippen LogP contribution is 2.28. The Morgan fingerprint density at radius 2 is 1.72 bits per heavy atom. The molecule has 1 aliphatic rings. The minimum Gasteiger partial charge on any atom is -0.385 e. The lowest BCUT2D eigenvalue weighted by Gasteiger charge is -2.31. The van der Waals surface area contributed by atoms with Crippen LogP contribution in [0.25, 0.3) is 0 Å². The smallest absolute Gasteiger partial charge is 0.254 e. The number of anilines is 1. The van der Waals surface area contributed by atoms with Gasteiger partial charge in [-0.05, 0) is 98.3 Å². The normalized spacial score (nSPS) is 20.2. The van der Waals surface area contributed by atoms with Crippen LogP contribution in [0.3, 0.4) is 0 Å². The topological polar surface area (TPSA) is 44.4 Å². The van der Waals surface area contributed by atoms with Crippen molar-refractivity contribution < 1.29 is 4.79 Å². The summed E-state index contributed by atoms with van der Waals surface area (Å²) in [5.74, 6) is 0.816. The predicted molar refractivity (Wildman–Crippen MR) is 128 cm³/mol. The molecule has 0 heterocycles. The van der Waals surface area contributed by atoms with Gasteiger partial charge in [0.15, 0.2) is 0 Å². The number of hydrogen-bond donors (Lipinski definition) is 2. The van der Waals surface area contributed by atoms with Crippen LogP contribution >= 0.6 is 11.9 Å². The summed E-state index contributed by atoms with van der Waals surface area (Å²) < 4.78 is 3.92. The fraction of sp³-hybridized carbons (Fsp3) is 0.708. The van der Waals surface area contributed by atoms with Gasteiger partial charge < -0.3 is 10.2 Å². The number of nitrogens with zero attached hydrogens (tertiary/aromatic N) is 1. The van der Waals surface area contributed by atoms with E-state index in [2.05, 4.69) is 64.6 Å². The van der Waals surface area contributed by atoms with Crippen molar-refractivity contribution in [3.8, 4) is 0 Å². The lowest BCUT2D eigenvalue weighted by atomic mass is 9.86. The van der Waals surface area contributed by atoms with Crippen molar-refractivity contribution in [2.75, 3.05) is 11.9 Å². The molecule has 4 nitrogen and oxygen atoms in total. The molecule has 29 heavy (non-hydrogen) atoms. The second kappa shape index (κ2) is 10.7. The first-order valence-corrected chi connectivity index (χ1v) is 12.0. The van der Waals surface area contributed by atoms with Crippen molar-refractivity contribution in [1.82, 2.24) is 9.62 Å². The van der Waals surface area contributed by atoms with Gasteiger partial charge in [-0.15, -0.1) is 0 Å². The molecule has 0 spiro atoms. The molecule has 0 radical (unpaired) electrons. The molecule has 1 amide bonds. The maximum atomic E-state index is 12.9. The lowest BCUT2D eigenvalue weighted by molar-refractivity contribution is 0.0644. The molecule has 5 heteroatoms. The zero-order valence-corrected chi connectivity index (χ0v) is 20.2. The number of amides is 1. The average Bonchev–Trinajstić information content (AvgIpc) is 2.64. The van der Waals surface area contributed by atoms with E-state index >= 15 is 0 Å². The molecular weight excluding hydrogens is 378 g/mol.